The molecule has 2 aromatic carbocycles. The van der Waals surface area contributed by atoms with Crippen LogP contribution in [-0.2, 0) is 0 Å². The summed E-state index contributed by atoms with van der Waals surface area (Å²) in [6.07, 6.45) is 0. The predicted molar refractivity (Wildman–Crippen MR) is 130 cm³/mol. The summed E-state index contributed by atoms with van der Waals surface area (Å²) in [7, 11) is -2.63. The van der Waals surface area contributed by atoms with Crippen molar-refractivity contribution in [1.82, 2.24) is 0 Å². The van der Waals surface area contributed by atoms with Crippen molar-refractivity contribution in [3.05, 3.63) is 74.4 Å². The SMILES string of the molecule is Cc1ccc(N=P(Oc2ccc(Br)cc2Br)(c2ccc(C)o2)C(C)(C)C)c(C)c1. The van der Waals surface area contributed by atoms with Gasteiger partial charge in [0.1, 0.15) is 11.5 Å². The lowest BCUT2D eigenvalue weighted by atomic mass is 10.1. The van der Waals surface area contributed by atoms with Gasteiger partial charge in [0.25, 0.3) is 0 Å². The van der Waals surface area contributed by atoms with Gasteiger partial charge in [0.15, 0.2) is 5.50 Å². The molecule has 0 spiro atoms. The van der Waals surface area contributed by atoms with Crippen LogP contribution in [0.2, 0.25) is 0 Å². The molecule has 1 heterocycles. The van der Waals surface area contributed by atoms with Gasteiger partial charge < -0.3 is 8.94 Å². The molecule has 0 amide bonds. The third-order valence-corrected chi connectivity index (χ3v) is 9.39. The minimum Gasteiger partial charge on any atom is -0.457 e. The van der Waals surface area contributed by atoms with Crippen LogP contribution >= 0.6 is 39.1 Å². The molecule has 0 radical (unpaired) electrons. The van der Waals surface area contributed by atoms with Crippen molar-refractivity contribution in [2.24, 2.45) is 4.74 Å². The number of furan rings is 1. The Bertz CT molecular complexity index is 1100. The van der Waals surface area contributed by atoms with Gasteiger partial charge in [0, 0.05) is 9.63 Å². The normalized spacial score (nSPS) is 13.8. The lowest BCUT2D eigenvalue weighted by Crippen LogP contribution is -2.26. The average Bonchev–Trinajstić information content (AvgIpc) is 3.04. The van der Waals surface area contributed by atoms with E-state index in [1.807, 2.05) is 37.3 Å². The molecule has 3 aromatic rings. The van der Waals surface area contributed by atoms with E-state index in [0.29, 0.717) is 0 Å². The fourth-order valence-electron chi connectivity index (χ4n) is 3.08. The van der Waals surface area contributed by atoms with E-state index >= 15 is 0 Å². The molecule has 1 atom stereocenters. The lowest BCUT2D eigenvalue weighted by molar-refractivity contribution is 0.525. The summed E-state index contributed by atoms with van der Waals surface area (Å²) in [4.78, 5) is 0. The summed E-state index contributed by atoms with van der Waals surface area (Å²) in [5.74, 6) is 1.60. The number of benzene rings is 2. The second kappa shape index (κ2) is 8.45. The molecule has 0 saturated heterocycles. The van der Waals surface area contributed by atoms with E-state index in [2.05, 4.69) is 84.7 Å². The van der Waals surface area contributed by atoms with Gasteiger partial charge in [-0.25, -0.2) is 4.74 Å². The Morgan fingerprint density at radius 1 is 0.931 bits per heavy atom. The van der Waals surface area contributed by atoms with Crippen molar-refractivity contribution in [1.29, 1.82) is 0 Å². The van der Waals surface area contributed by atoms with Crippen molar-refractivity contribution in [2.75, 3.05) is 0 Å². The molecule has 3 nitrogen and oxygen atoms in total. The van der Waals surface area contributed by atoms with Gasteiger partial charge in [-0.3, -0.25) is 0 Å². The first kappa shape index (κ1) is 22.4. The molecule has 0 bridgehead atoms. The minimum absolute atomic E-state index is 0.291. The quantitative estimate of drug-likeness (QED) is 0.311. The first-order valence-electron chi connectivity index (χ1n) is 9.43. The molecule has 0 aliphatic rings. The van der Waals surface area contributed by atoms with Crippen molar-refractivity contribution in [2.45, 2.75) is 46.7 Å². The molecular weight excluding hydrogens is 513 g/mol. The van der Waals surface area contributed by atoms with E-state index in [0.717, 1.165) is 37.2 Å². The summed E-state index contributed by atoms with van der Waals surface area (Å²) >= 11 is 7.16. The fourth-order valence-corrected chi connectivity index (χ4v) is 7.31. The topological polar surface area (TPSA) is 34.7 Å². The number of aryl methyl sites for hydroxylation is 3. The molecule has 3 rings (SSSR count). The fraction of sp³-hybridized carbons (Fsp3) is 0.304. The van der Waals surface area contributed by atoms with Crippen LogP contribution in [0.3, 0.4) is 0 Å². The number of hydrogen-bond donors (Lipinski definition) is 0. The van der Waals surface area contributed by atoms with Gasteiger partial charge in [-0.05, 0) is 78.7 Å². The summed E-state index contributed by atoms with van der Waals surface area (Å²) in [6.45, 7) is 12.6. The molecule has 0 aliphatic heterocycles. The second-order valence-corrected chi connectivity index (χ2v) is 13.3. The van der Waals surface area contributed by atoms with Crippen LogP contribution in [0.15, 0.2) is 66.6 Å². The van der Waals surface area contributed by atoms with Gasteiger partial charge in [-0.2, -0.15) is 0 Å². The van der Waals surface area contributed by atoms with E-state index in [4.69, 9.17) is 13.7 Å². The first-order chi connectivity index (χ1) is 13.5. The van der Waals surface area contributed by atoms with Crippen LogP contribution in [0.25, 0.3) is 0 Å². The van der Waals surface area contributed by atoms with Gasteiger partial charge in [-0.15, -0.1) is 0 Å². The van der Waals surface area contributed by atoms with Crippen molar-refractivity contribution < 1.29 is 8.94 Å². The van der Waals surface area contributed by atoms with Crippen LogP contribution in [-0.4, -0.2) is 5.16 Å². The number of hydrogen-bond acceptors (Lipinski definition) is 3. The van der Waals surface area contributed by atoms with Gasteiger partial charge >= 0.3 is 0 Å². The average molecular weight is 539 g/mol. The summed E-state index contributed by atoms with van der Waals surface area (Å²) in [5, 5.41) is -0.291. The predicted octanol–water partition coefficient (Wildman–Crippen LogP) is 8.68. The third kappa shape index (κ3) is 4.73. The third-order valence-electron chi connectivity index (χ3n) is 4.66. The standard InChI is InChI=1S/C23H26Br2NO2P/c1-15-7-10-20(16(2)13-15)26-29(23(4,5)6,22-12-8-17(3)27-22)28-21-11-9-18(24)14-19(21)25/h7-14H,1-6H3. The van der Waals surface area contributed by atoms with E-state index in [1.165, 1.54) is 5.56 Å². The van der Waals surface area contributed by atoms with E-state index in [9.17, 15) is 0 Å². The van der Waals surface area contributed by atoms with Crippen molar-refractivity contribution in [3.63, 3.8) is 0 Å². The Labute approximate surface area is 190 Å². The van der Waals surface area contributed by atoms with Crippen molar-refractivity contribution >= 4 is 50.3 Å². The Morgan fingerprint density at radius 2 is 1.66 bits per heavy atom. The minimum atomic E-state index is -2.63. The molecule has 154 valence electrons. The molecule has 0 fully saturated rings. The van der Waals surface area contributed by atoms with Gasteiger partial charge in [0.2, 0.25) is 7.28 Å². The maximum absolute atomic E-state index is 6.82. The summed E-state index contributed by atoms with van der Waals surface area (Å²) < 4.78 is 20.1. The zero-order valence-corrected chi connectivity index (χ0v) is 21.7. The summed E-state index contributed by atoms with van der Waals surface area (Å²) in [6, 6.07) is 16.2. The Balaban J connectivity index is 2.33. The van der Waals surface area contributed by atoms with Crippen LogP contribution in [0, 0.1) is 20.8 Å². The zero-order chi connectivity index (χ0) is 21.4. The number of nitrogens with zero attached hydrogens (tertiary/aromatic N) is 1. The maximum atomic E-state index is 6.82. The summed E-state index contributed by atoms with van der Waals surface area (Å²) in [5.41, 5.74) is 4.06. The van der Waals surface area contributed by atoms with Gasteiger partial charge in [-0.1, -0.05) is 54.4 Å². The Hall–Kier alpha value is -1.29. The Morgan fingerprint density at radius 3 is 2.21 bits per heavy atom. The molecular formula is C23H26Br2NO2P. The molecule has 29 heavy (non-hydrogen) atoms. The lowest BCUT2D eigenvalue weighted by Gasteiger charge is -2.35. The highest BCUT2D eigenvalue weighted by Crippen LogP contribution is 2.63. The van der Waals surface area contributed by atoms with Crippen LogP contribution < -0.4 is 10.0 Å². The molecule has 0 saturated carbocycles. The molecule has 0 N–H and O–H groups in total. The van der Waals surface area contributed by atoms with E-state index < -0.39 is 7.28 Å². The number of rotatable bonds is 4. The molecule has 0 aliphatic carbocycles. The molecule has 6 heteroatoms. The maximum Gasteiger partial charge on any atom is 0.207 e. The van der Waals surface area contributed by atoms with Crippen LogP contribution in [0.5, 0.6) is 5.75 Å². The second-order valence-electron chi connectivity index (χ2n) is 8.19. The monoisotopic (exact) mass is 537 g/mol. The van der Waals surface area contributed by atoms with E-state index in [-0.39, 0.29) is 5.16 Å². The largest absolute Gasteiger partial charge is 0.457 e. The smallest absolute Gasteiger partial charge is 0.207 e. The van der Waals surface area contributed by atoms with E-state index in [1.54, 1.807) is 0 Å². The van der Waals surface area contributed by atoms with Crippen LogP contribution in [0.1, 0.15) is 37.7 Å². The van der Waals surface area contributed by atoms with Crippen molar-refractivity contribution in [3.8, 4) is 5.75 Å². The Kier molecular flexibility index (Phi) is 6.53. The molecule has 1 unspecified atom stereocenters. The highest BCUT2D eigenvalue weighted by Gasteiger charge is 2.42. The van der Waals surface area contributed by atoms with Gasteiger partial charge in [0.05, 0.1) is 10.2 Å². The highest BCUT2D eigenvalue weighted by molar-refractivity contribution is 9.11. The highest BCUT2D eigenvalue weighted by atomic mass is 79.9. The number of halogens is 2. The zero-order valence-electron chi connectivity index (χ0n) is 17.6. The first-order valence-corrected chi connectivity index (χ1v) is 12.7. The van der Waals surface area contributed by atoms with Crippen LogP contribution in [0.4, 0.5) is 5.69 Å². The molecule has 1 aromatic heterocycles.